The van der Waals surface area contributed by atoms with Gasteiger partial charge in [0.1, 0.15) is 6.04 Å². The summed E-state index contributed by atoms with van der Waals surface area (Å²) in [6, 6.07) is -1.56. The van der Waals surface area contributed by atoms with Gasteiger partial charge in [-0.15, -0.1) is 0 Å². The quantitative estimate of drug-likeness (QED) is 0.167. The van der Waals surface area contributed by atoms with Crippen LogP contribution in [-0.4, -0.2) is 35.6 Å². The number of primary amides is 1. The molecule has 0 unspecified atom stereocenters. The van der Waals surface area contributed by atoms with Crippen molar-refractivity contribution in [3.05, 3.63) is 12.2 Å². The van der Waals surface area contributed by atoms with E-state index in [0.29, 0.717) is 19.4 Å². The molecule has 0 aromatic carbocycles. The first kappa shape index (κ1) is 27.9. The fraction of sp³-hybridized carbons (Fsp3) is 0.783. The molecule has 1 atom stereocenters. The molecule has 3 amide bonds. The molecule has 0 aromatic rings. The highest BCUT2D eigenvalue weighted by Crippen LogP contribution is 2.09. The molecule has 30 heavy (non-hydrogen) atoms. The molecular formula is C23H43N3O4. The van der Waals surface area contributed by atoms with Crippen molar-refractivity contribution < 1.29 is 19.5 Å². The Hall–Kier alpha value is -2.05. The maximum absolute atomic E-state index is 11.9. The summed E-state index contributed by atoms with van der Waals surface area (Å²) in [5, 5.41) is 14.2. The van der Waals surface area contributed by atoms with Crippen LogP contribution in [-0.2, 0) is 9.59 Å². The number of carboxylic acid groups (broad SMARTS) is 1. The lowest BCUT2D eigenvalue weighted by molar-refractivity contribution is -0.142. The van der Waals surface area contributed by atoms with Gasteiger partial charge in [0.05, 0.1) is 0 Å². The molecule has 0 radical (unpaired) electrons. The van der Waals surface area contributed by atoms with Gasteiger partial charge in [-0.25, -0.2) is 9.59 Å². The van der Waals surface area contributed by atoms with Gasteiger partial charge < -0.3 is 21.5 Å². The molecule has 174 valence electrons. The van der Waals surface area contributed by atoms with Crippen LogP contribution in [0.5, 0.6) is 0 Å². The van der Waals surface area contributed by atoms with Crippen molar-refractivity contribution in [1.29, 1.82) is 0 Å². The SMILES string of the molecule is CCCCCCC/C=C\CCCCCCCC(=O)N[C@@H](CCCNC(N)=O)C(=O)O. The van der Waals surface area contributed by atoms with Gasteiger partial charge in [-0.1, -0.05) is 64.0 Å². The number of nitrogens with one attached hydrogen (secondary N) is 2. The highest BCUT2D eigenvalue weighted by atomic mass is 16.4. The van der Waals surface area contributed by atoms with Gasteiger partial charge in [-0.05, 0) is 44.9 Å². The standard InChI is InChI=1S/C23H43N3O4/c1-2-3-4-5-6-7-8-9-10-11-12-13-14-15-18-21(27)26-20(22(28)29)17-16-19-25-23(24)30/h8-9,20H,2-7,10-19H2,1H3,(H,26,27)(H,28,29)(H3,24,25,30)/b9-8-/t20-/m0/s1. The first-order valence-electron chi connectivity index (χ1n) is 11.7. The summed E-state index contributed by atoms with van der Waals surface area (Å²) in [6.45, 7) is 2.53. The van der Waals surface area contributed by atoms with Crippen LogP contribution in [0.25, 0.3) is 0 Å². The molecule has 7 heteroatoms. The fourth-order valence-corrected chi connectivity index (χ4v) is 3.22. The number of unbranched alkanes of at least 4 members (excludes halogenated alkanes) is 10. The zero-order valence-corrected chi connectivity index (χ0v) is 18.8. The van der Waals surface area contributed by atoms with Crippen molar-refractivity contribution in [2.75, 3.05) is 6.54 Å². The zero-order chi connectivity index (χ0) is 22.5. The molecule has 5 N–H and O–H groups in total. The van der Waals surface area contributed by atoms with Gasteiger partial charge in [0, 0.05) is 13.0 Å². The Bertz CT molecular complexity index is 495. The van der Waals surface area contributed by atoms with Crippen molar-refractivity contribution in [2.45, 2.75) is 109 Å². The largest absolute Gasteiger partial charge is 0.480 e. The number of carboxylic acids is 1. The second kappa shape index (κ2) is 20.2. The Morgan fingerprint density at radius 1 is 0.867 bits per heavy atom. The summed E-state index contributed by atoms with van der Waals surface area (Å²) < 4.78 is 0. The second-order valence-corrected chi connectivity index (χ2v) is 7.87. The Morgan fingerprint density at radius 2 is 1.43 bits per heavy atom. The molecule has 0 saturated carbocycles. The summed E-state index contributed by atoms with van der Waals surface area (Å²) >= 11 is 0. The van der Waals surface area contributed by atoms with E-state index in [2.05, 4.69) is 29.7 Å². The molecule has 0 bridgehead atoms. The van der Waals surface area contributed by atoms with E-state index in [0.717, 1.165) is 32.1 Å². The van der Waals surface area contributed by atoms with E-state index in [1.54, 1.807) is 0 Å². The highest BCUT2D eigenvalue weighted by Gasteiger charge is 2.19. The van der Waals surface area contributed by atoms with E-state index < -0.39 is 18.0 Å². The number of urea groups is 1. The normalized spacial score (nSPS) is 12.0. The molecule has 0 spiro atoms. The van der Waals surface area contributed by atoms with Crippen molar-refractivity contribution >= 4 is 17.9 Å². The van der Waals surface area contributed by atoms with Crippen LogP contribution < -0.4 is 16.4 Å². The van der Waals surface area contributed by atoms with Crippen molar-refractivity contribution in [2.24, 2.45) is 5.73 Å². The number of hydrogen-bond donors (Lipinski definition) is 4. The van der Waals surface area contributed by atoms with Gasteiger partial charge in [0.2, 0.25) is 5.91 Å². The predicted molar refractivity (Wildman–Crippen MR) is 121 cm³/mol. The summed E-state index contributed by atoms with van der Waals surface area (Å²) in [7, 11) is 0. The molecule has 0 rings (SSSR count). The number of aliphatic carboxylic acids is 1. The summed E-state index contributed by atoms with van der Waals surface area (Å²) in [4.78, 5) is 33.8. The monoisotopic (exact) mass is 425 g/mol. The minimum atomic E-state index is -1.06. The van der Waals surface area contributed by atoms with Gasteiger partial charge in [0.25, 0.3) is 0 Å². The molecule has 7 nitrogen and oxygen atoms in total. The number of allylic oxidation sites excluding steroid dienone is 2. The minimum Gasteiger partial charge on any atom is -0.480 e. The van der Waals surface area contributed by atoms with E-state index in [-0.39, 0.29) is 12.3 Å². The third kappa shape index (κ3) is 19.3. The van der Waals surface area contributed by atoms with Crippen LogP contribution in [0.4, 0.5) is 4.79 Å². The lowest BCUT2D eigenvalue weighted by atomic mass is 10.1. The molecule has 0 saturated heterocycles. The van der Waals surface area contributed by atoms with E-state index in [4.69, 9.17) is 5.73 Å². The van der Waals surface area contributed by atoms with E-state index in [1.165, 1.54) is 44.9 Å². The maximum Gasteiger partial charge on any atom is 0.326 e. The Labute approximate surface area is 182 Å². The van der Waals surface area contributed by atoms with E-state index >= 15 is 0 Å². The van der Waals surface area contributed by atoms with Gasteiger partial charge in [-0.3, -0.25) is 4.79 Å². The first-order valence-corrected chi connectivity index (χ1v) is 11.7. The van der Waals surface area contributed by atoms with Gasteiger partial charge in [0.15, 0.2) is 0 Å². The molecule has 0 aliphatic rings. The van der Waals surface area contributed by atoms with Crippen LogP contribution in [0.1, 0.15) is 103 Å². The van der Waals surface area contributed by atoms with Crippen LogP contribution in [0.15, 0.2) is 12.2 Å². The number of hydrogen-bond acceptors (Lipinski definition) is 3. The van der Waals surface area contributed by atoms with Crippen molar-refractivity contribution in [3.63, 3.8) is 0 Å². The van der Waals surface area contributed by atoms with Crippen molar-refractivity contribution in [3.8, 4) is 0 Å². The molecule has 0 aromatic heterocycles. The molecule has 0 aliphatic heterocycles. The van der Waals surface area contributed by atoms with Gasteiger partial charge in [-0.2, -0.15) is 0 Å². The molecule has 0 aliphatic carbocycles. The average Bonchev–Trinajstić information content (AvgIpc) is 2.70. The molecule has 0 fully saturated rings. The Balaban J connectivity index is 3.62. The van der Waals surface area contributed by atoms with Crippen molar-refractivity contribution in [1.82, 2.24) is 10.6 Å². The van der Waals surface area contributed by atoms with Crippen LogP contribution in [0.3, 0.4) is 0 Å². The third-order valence-corrected chi connectivity index (χ3v) is 5.02. The number of carbonyl (C=O) groups is 3. The maximum atomic E-state index is 11.9. The molecular weight excluding hydrogens is 382 g/mol. The minimum absolute atomic E-state index is 0.230. The van der Waals surface area contributed by atoms with Crippen LogP contribution in [0, 0.1) is 0 Å². The number of nitrogens with two attached hydrogens (primary N) is 1. The smallest absolute Gasteiger partial charge is 0.326 e. The predicted octanol–water partition coefficient (Wildman–Crippen LogP) is 4.65. The summed E-state index contributed by atoms with van der Waals surface area (Å²) in [5.41, 5.74) is 4.95. The lowest BCUT2D eigenvalue weighted by Crippen LogP contribution is -2.41. The van der Waals surface area contributed by atoms with Crippen LogP contribution in [0.2, 0.25) is 0 Å². The highest BCUT2D eigenvalue weighted by molar-refractivity contribution is 5.83. The second-order valence-electron chi connectivity index (χ2n) is 7.87. The van der Waals surface area contributed by atoms with E-state index in [1.807, 2.05) is 0 Å². The number of carbonyl (C=O) groups excluding carboxylic acids is 2. The average molecular weight is 426 g/mol. The number of rotatable bonds is 20. The number of amides is 3. The molecule has 0 heterocycles. The zero-order valence-electron chi connectivity index (χ0n) is 18.8. The van der Waals surface area contributed by atoms with E-state index in [9.17, 15) is 19.5 Å². The Morgan fingerprint density at radius 3 is 2.00 bits per heavy atom. The van der Waals surface area contributed by atoms with Gasteiger partial charge >= 0.3 is 12.0 Å². The topological polar surface area (TPSA) is 122 Å². The lowest BCUT2D eigenvalue weighted by Gasteiger charge is -2.14. The third-order valence-electron chi connectivity index (χ3n) is 5.02. The first-order chi connectivity index (χ1) is 14.5. The Kier molecular flexibility index (Phi) is 18.8. The van der Waals surface area contributed by atoms with Crippen LogP contribution >= 0.6 is 0 Å². The fourth-order valence-electron chi connectivity index (χ4n) is 3.22. The summed E-state index contributed by atoms with van der Waals surface area (Å²) in [6.07, 6.45) is 19.8. The summed E-state index contributed by atoms with van der Waals surface area (Å²) in [5.74, 6) is -1.29.